The van der Waals surface area contributed by atoms with Crippen LogP contribution in [0.4, 0.5) is 5.69 Å². The smallest absolute Gasteiger partial charge is 0.250 e. The van der Waals surface area contributed by atoms with Crippen molar-refractivity contribution in [1.29, 1.82) is 0 Å². The monoisotopic (exact) mass is 346 g/mol. The van der Waals surface area contributed by atoms with Crippen LogP contribution in [0.3, 0.4) is 0 Å². The second kappa shape index (κ2) is 8.26. The molecule has 0 aliphatic carbocycles. The average molecular weight is 346 g/mol. The molecule has 2 aromatic rings. The highest BCUT2D eigenvalue weighted by Crippen LogP contribution is 2.31. The lowest BCUT2D eigenvalue weighted by Gasteiger charge is -2.10. The maximum absolute atomic E-state index is 12.1. The molecule has 0 saturated carbocycles. The number of hydrogen-bond acceptors (Lipinski definition) is 5. The molecule has 0 heterocycles. The number of ether oxygens (including phenoxy) is 2. The van der Waals surface area contributed by atoms with Crippen LogP contribution in [0.15, 0.2) is 47.4 Å². The van der Waals surface area contributed by atoms with Gasteiger partial charge in [0.1, 0.15) is 0 Å². The molecule has 24 heavy (non-hydrogen) atoms. The Kier molecular flexibility index (Phi) is 6.08. The SMILES string of the molecule is COc1ccc(SCC(=O)Nc2ccccc2C(N)=O)cc1OC. The van der Waals surface area contributed by atoms with E-state index in [2.05, 4.69) is 5.32 Å². The van der Waals surface area contributed by atoms with Crippen LogP contribution in [0.1, 0.15) is 10.4 Å². The third-order valence-electron chi connectivity index (χ3n) is 3.19. The number of carbonyl (C=O) groups is 2. The van der Waals surface area contributed by atoms with E-state index in [9.17, 15) is 9.59 Å². The van der Waals surface area contributed by atoms with Gasteiger partial charge in [-0.2, -0.15) is 0 Å². The maximum Gasteiger partial charge on any atom is 0.250 e. The lowest BCUT2D eigenvalue weighted by atomic mass is 10.1. The van der Waals surface area contributed by atoms with Crippen molar-refractivity contribution in [2.24, 2.45) is 5.73 Å². The van der Waals surface area contributed by atoms with Crippen molar-refractivity contribution in [2.75, 3.05) is 25.3 Å². The molecule has 0 unspecified atom stereocenters. The summed E-state index contributed by atoms with van der Waals surface area (Å²) < 4.78 is 10.4. The zero-order valence-electron chi connectivity index (χ0n) is 13.4. The third-order valence-corrected chi connectivity index (χ3v) is 4.19. The van der Waals surface area contributed by atoms with Crippen LogP contribution < -0.4 is 20.5 Å². The summed E-state index contributed by atoms with van der Waals surface area (Å²) in [7, 11) is 3.12. The van der Waals surface area contributed by atoms with Gasteiger partial charge in [0.15, 0.2) is 11.5 Å². The van der Waals surface area contributed by atoms with E-state index in [-0.39, 0.29) is 17.2 Å². The van der Waals surface area contributed by atoms with Crippen molar-refractivity contribution in [2.45, 2.75) is 4.90 Å². The van der Waals surface area contributed by atoms with Gasteiger partial charge in [-0.25, -0.2) is 0 Å². The lowest BCUT2D eigenvalue weighted by molar-refractivity contribution is -0.113. The number of amides is 2. The van der Waals surface area contributed by atoms with Crippen LogP contribution in [-0.4, -0.2) is 31.8 Å². The molecule has 0 aromatic heterocycles. The molecule has 2 amide bonds. The Morgan fingerprint density at radius 2 is 1.79 bits per heavy atom. The average Bonchev–Trinajstić information content (AvgIpc) is 2.59. The molecule has 0 bridgehead atoms. The summed E-state index contributed by atoms with van der Waals surface area (Å²) in [6.45, 7) is 0. The van der Waals surface area contributed by atoms with Gasteiger partial charge in [-0.15, -0.1) is 11.8 Å². The normalized spacial score (nSPS) is 10.1. The summed E-state index contributed by atoms with van der Waals surface area (Å²) >= 11 is 1.35. The molecular formula is C17H18N2O4S. The largest absolute Gasteiger partial charge is 0.493 e. The molecule has 2 aromatic carbocycles. The standard InChI is InChI=1S/C17H18N2O4S/c1-22-14-8-7-11(9-15(14)23-2)24-10-16(20)19-13-6-4-3-5-12(13)17(18)21/h3-9H,10H2,1-2H3,(H2,18,21)(H,19,20). The summed E-state index contributed by atoms with van der Waals surface area (Å²) in [6, 6.07) is 12.0. The van der Waals surface area contributed by atoms with Gasteiger partial charge in [0, 0.05) is 4.90 Å². The predicted octanol–water partition coefficient (Wildman–Crippen LogP) is 2.53. The molecular weight excluding hydrogens is 328 g/mol. The molecule has 0 atom stereocenters. The topological polar surface area (TPSA) is 90.6 Å². The zero-order chi connectivity index (χ0) is 17.5. The summed E-state index contributed by atoms with van der Waals surface area (Å²) in [5.41, 5.74) is 5.98. The predicted molar refractivity (Wildman–Crippen MR) is 93.9 cm³/mol. The first kappa shape index (κ1) is 17.7. The van der Waals surface area contributed by atoms with Crippen LogP contribution in [0.5, 0.6) is 11.5 Å². The van der Waals surface area contributed by atoms with Crippen LogP contribution >= 0.6 is 11.8 Å². The minimum absolute atomic E-state index is 0.183. The fourth-order valence-electron chi connectivity index (χ4n) is 2.05. The lowest BCUT2D eigenvalue weighted by Crippen LogP contribution is -2.19. The minimum atomic E-state index is -0.585. The van der Waals surface area contributed by atoms with Crippen molar-refractivity contribution < 1.29 is 19.1 Å². The number of benzene rings is 2. The highest BCUT2D eigenvalue weighted by atomic mass is 32.2. The van der Waals surface area contributed by atoms with Crippen LogP contribution in [0.25, 0.3) is 0 Å². The van der Waals surface area contributed by atoms with E-state index in [4.69, 9.17) is 15.2 Å². The first-order valence-corrected chi connectivity index (χ1v) is 8.07. The molecule has 3 N–H and O–H groups in total. The highest BCUT2D eigenvalue weighted by Gasteiger charge is 2.11. The molecule has 6 nitrogen and oxygen atoms in total. The van der Waals surface area contributed by atoms with Gasteiger partial charge in [-0.1, -0.05) is 12.1 Å². The fourth-order valence-corrected chi connectivity index (χ4v) is 2.77. The minimum Gasteiger partial charge on any atom is -0.493 e. The van der Waals surface area contributed by atoms with E-state index in [0.29, 0.717) is 17.2 Å². The van der Waals surface area contributed by atoms with Gasteiger partial charge < -0.3 is 20.5 Å². The number of thioether (sulfide) groups is 1. The summed E-state index contributed by atoms with van der Waals surface area (Å²) in [5, 5.41) is 2.70. The van der Waals surface area contributed by atoms with Crippen molar-refractivity contribution in [3.63, 3.8) is 0 Å². The summed E-state index contributed by atoms with van der Waals surface area (Å²) in [4.78, 5) is 24.3. The molecule has 0 radical (unpaired) electrons. The van der Waals surface area contributed by atoms with E-state index in [0.717, 1.165) is 4.90 Å². The molecule has 0 saturated heterocycles. The fraction of sp³-hybridized carbons (Fsp3) is 0.176. The number of nitrogens with two attached hydrogens (primary N) is 1. The van der Waals surface area contributed by atoms with Crippen LogP contribution in [0.2, 0.25) is 0 Å². The molecule has 0 spiro atoms. The number of rotatable bonds is 7. The Balaban J connectivity index is 2.00. The Hall–Kier alpha value is -2.67. The zero-order valence-corrected chi connectivity index (χ0v) is 14.2. The van der Waals surface area contributed by atoms with Gasteiger partial charge in [0.25, 0.3) is 5.91 Å². The third kappa shape index (κ3) is 4.42. The van der Waals surface area contributed by atoms with E-state index in [1.165, 1.54) is 11.8 Å². The number of nitrogens with one attached hydrogen (secondary N) is 1. The van der Waals surface area contributed by atoms with E-state index in [1.807, 2.05) is 6.07 Å². The Morgan fingerprint density at radius 1 is 1.08 bits per heavy atom. The first-order valence-electron chi connectivity index (χ1n) is 7.08. The molecule has 2 rings (SSSR count). The molecule has 0 aliphatic heterocycles. The number of methoxy groups -OCH3 is 2. The Labute approximate surface area is 144 Å². The number of primary amides is 1. The van der Waals surface area contributed by atoms with E-state index >= 15 is 0 Å². The number of carbonyl (C=O) groups excluding carboxylic acids is 2. The summed E-state index contributed by atoms with van der Waals surface area (Å²) in [6.07, 6.45) is 0. The Morgan fingerprint density at radius 3 is 2.46 bits per heavy atom. The van der Waals surface area contributed by atoms with Crippen LogP contribution in [-0.2, 0) is 4.79 Å². The second-order valence-electron chi connectivity index (χ2n) is 4.76. The van der Waals surface area contributed by atoms with Crippen molar-refractivity contribution in [3.8, 4) is 11.5 Å². The van der Waals surface area contributed by atoms with Crippen molar-refractivity contribution in [1.82, 2.24) is 0 Å². The summed E-state index contributed by atoms with van der Waals surface area (Å²) in [5.74, 6) is 0.591. The molecule has 0 fully saturated rings. The Bertz CT molecular complexity index is 749. The number of hydrogen-bond donors (Lipinski definition) is 2. The molecule has 126 valence electrons. The van der Waals surface area contributed by atoms with Gasteiger partial charge in [-0.05, 0) is 30.3 Å². The number of anilines is 1. The maximum atomic E-state index is 12.1. The second-order valence-corrected chi connectivity index (χ2v) is 5.81. The van der Waals surface area contributed by atoms with E-state index < -0.39 is 5.91 Å². The number of para-hydroxylation sites is 1. The first-order chi connectivity index (χ1) is 11.5. The van der Waals surface area contributed by atoms with Gasteiger partial charge in [0.05, 0.1) is 31.2 Å². The van der Waals surface area contributed by atoms with E-state index in [1.54, 1.807) is 50.6 Å². The molecule has 7 heteroatoms. The molecule has 0 aliphatic rings. The quantitative estimate of drug-likeness (QED) is 0.752. The van der Waals surface area contributed by atoms with Gasteiger partial charge in [0.2, 0.25) is 5.91 Å². The van der Waals surface area contributed by atoms with Crippen LogP contribution in [0, 0.1) is 0 Å². The van der Waals surface area contributed by atoms with Gasteiger partial charge in [-0.3, -0.25) is 9.59 Å². The van der Waals surface area contributed by atoms with Crippen molar-refractivity contribution >= 4 is 29.3 Å². The van der Waals surface area contributed by atoms with Gasteiger partial charge >= 0.3 is 0 Å². The highest BCUT2D eigenvalue weighted by molar-refractivity contribution is 8.00. The van der Waals surface area contributed by atoms with Crippen molar-refractivity contribution in [3.05, 3.63) is 48.0 Å².